The number of thioether (sulfide) groups is 1. The molecule has 1 amide bonds. The highest BCUT2D eigenvalue weighted by Crippen LogP contribution is 2.32. The average Bonchev–Trinajstić information content (AvgIpc) is 2.93. The van der Waals surface area contributed by atoms with Gasteiger partial charge in [-0.3, -0.25) is 4.79 Å². The van der Waals surface area contributed by atoms with Gasteiger partial charge in [0.1, 0.15) is 0 Å². The van der Waals surface area contributed by atoms with Crippen LogP contribution in [0.3, 0.4) is 0 Å². The number of hydrogen-bond acceptors (Lipinski definition) is 3. The van der Waals surface area contributed by atoms with Crippen LogP contribution in [0.4, 0.5) is 0 Å². The number of rotatable bonds is 5. The van der Waals surface area contributed by atoms with Crippen molar-refractivity contribution in [3.05, 3.63) is 28.2 Å². The molecule has 118 valence electrons. The van der Waals surface area contributed by atoms with Crippen molar-refractivity contribution < 1.29 is 4.79 Å². The fourth-order valence-electron chi connectivity index (χ4n) is 2.11. The molecule has 2 N–H and O–H groups in total. The first kappa shape index (κ1) is 18.9. The van der Waals surface area contributed by atoms with Crippen molar-refractivity contribution in [3.8, 4) is 0 Å². The summed E-state index contributed by atoms with van der Waals surface area (Å²) in [5.74, 6) is 0.0275. The molecule has 0 aromatic heterocycles. The molecule has 2 unspecified atom stereocenters. The minimum Gasteiger partial charge on any atom is -0.354 e. The fourth-order valence-corrected chi connectivity index (χ4v) is 3.54. The molecule has 7 heteroatoms. The molecule has 0 bridgehead atoms. The lowest BCUT2D eigenvalue weighted by Gasteiger charge is -2.15. The molecule has 1 aromatic rings. The number of nitrogens with one attached hydrogen (secondary N) is 2. The third-order valence-electron chi connectivity index (χ3n) is 3.25. The maximum absolute atomic E-state index is 12.1. The van der Waals surface area contributed by atoms with Crippen LogP contribution in [0.15, 0.2) is 23.1 Å². The predicted octanol–water partition coefficient (Wildman–Crippen LogP) is 3.76. The number of hydrogen-bond donors (Lipinski definition) is 2. The smallest absolute Gasteiger partial charge is 0.233 e. The molecule has 1 saturated heterocycles. The lowest BCUT2D eigenvalue weighted by Crippen LogP contribution is -2.40. The summed E-state index contributed by atoms with van der Waals surface area (Å²) in [6, 6.07) is 5.69. The lowest BCUT2D eigenvalue weighted by atomic mass is 10.2. The monoisotopic (exact) mass is 368 g/mol. The van der Waals surface area contributed by atoms with Crippen LogP contribution in [0.2, 0.25) is 10.0 Å². The van der Waals surface area contributed by atoms with Crippen molar-refractivity contribution in [3.63, 3.8) is 0 Å². The van der Waals surface area contributed by atoms with E-state index in [2.05, 4.69) is 10.6 Å². The van der Waals surface area contributed by atoms with E-state index in [0.717, 1.165) is 17.9 Å². The number of benzene rings is 1. The van der Waals surface area contributed by atoms with Crippen LogP contribution in [-0.4, -0.2) is 30.3 Å². The molecule has 0 saturated carbocycles. The van der Waals surface area contributed by atoms with Gasteiger partial charge in [-0.25, -0.2) is 0 Å². The van der Waals surface area contributed by atoms with E-state index in [0.29, 0.717) is 22.6 Å². The Labute approximate surface area is 145 Å². The van der Waals surface area contributed by atoms with Crippen molar-refractivity contribution in [2.45, 2.75) is 36.0 Å². The normalized spacial score (nSPS) is 18.9. The maximum Gasteiger partial charge on any atom is 0.233 e. The van der Waals surface area contributed by atoms with Crippen LogP contribution in [0.5, 0.6) is 0 Å². The third kappa shape index (κ3) is 5.87. The van der Waals surface area contributed by atoms with Gasteiger partial charge in [0, 0.05) is 22.5 Å². The Morgan fingerprint density at radius 3 is 2.95 bits per heavy atom. The van der Waals surface area contributed by atoms with Gasteiger partial charge < -0.3 is 10.6 Å². The van der Waals surface area contributed by atoms with Gasteiger partial charge in [0.2, 0.25) is 5.91 Å². The van der Waals surface area contributed by atoms with Crippen LogP contribution in [0, 0.1) is 0 Å². The first-order valence-electron chi connectivity index (χ1n) is 6.69. The minimum absolute atomic E-state index is 0. The standard InChI is InChI=1S/C14H18Cl2N2OS.ClH/c1-9(14(19)18-8-11-3-2-6-17-11)20-13-7-10(15)4-5-12(13)16;/h4-5,7,9,11,17H,2-3,6,8H2,1H3,(H,18,19);1H. The predicted molar refractivity (Wildman–Crippen MR) is 93.1 cm³/mol. The summed E-state index contributed by atoms with van der Waals surface area (Å²) in [5, 5.41) is 7.38. The van der Waals surface area contributed by atoms with E-state index in [4.69, 9.17) is 23.2 Å². The van der Waals surface area contributed by atoms with Crippen molar-refractivity contribution in [1.82, 2.24) is 10.6 Å². The molecule has 1 aromatic carbocycles. The molecule has 0 spiro atoms. The van der Waals surface area contributed by atoms with Crippen LogP contribution < -0.4 is 10.6 Å². The summed E-state index contributed by atoms with van der Waals surface area (Å²) in [4.78, 5) is 12.9. The van der Waals surface area contributed by atoms with Crippen molar-refractivity contribution in [2.24, 2.45) is 0 Å². The lowest BCUT2D eigenvalue weighted by molar-refractivity contribution is -0.120. The highest BCUT2D eigenvalue weighted by atomic mass is 35.5. The van der Waals surface area contributed by atoms with Gasteiger partial charge in [-0.2, -0.15) is 0 Å². The Kier molecular flexibility index (Phi) is 8.21. The van der Waals surface area contributed by atoms with Crippen molar-refractivity contribution in [2.75, 3.05) is 13.1 Å². The number of amides is 1. The molecule has 1 aliphatic rings. The fraction of sp³-hybridized carbons (Fsp3) is 0.500. The number of halogens is 3. The second-order valence-electron chi connectivity index (χ2n) is 4.87. The van der Waals surface area contributed by atoms with Crippen molar-refractivity contribution in [1.29, 1.82) is 0 Å². The Morgan fingerprint density at radius 1 is 1.52 bits per heavy atom. The molecule has 1 fully saturated rings. The summed E-state index contributed by atoms with van der Waals surface area (Å²) in [6.45, 7) is 3.61. The van der Waals surface area contributed by atoms with Gasteiger partial charge in [0.15, 0.2) is 0 Å². The molecule has 0 aliphatic carbocycles. The van der Waals surface area contributed by atoms with Crippen molar-refractivity contribution >= 4 is 53.3 Å². The highest BCUT2D eigenvalue weighted by Gasteiger charge is 2.19. The Morgan fingerprint density at radius 2 is 2.29 bits per heavy atom. The molecule has 1 aliphatic heterocycles. The number of carbonyl (C=O) groups excluding carboxylic acids is 1. The molecule has 1 heterocycles. The van der Waals surface area contributed by atoms with E-state index in [1.165, 1.54) is 18.2 Å². The van der Waals surface area contributed by atoms with E-state index in [-0.39, 0.29) is 23.6 Å². The third-order valence-corrected chi connectivity index (χ3v) is 5.09. The summed E-state index contributed by atoms with van der Waals surface area (Å²) in [7, 11) is 0. The van der Waals surface area contributed by atoms with Crippen LogP contribution >= 0.6 is 47.4 Å². The van der Waals surface area contributed by atoms with E-state index < -0.39 is 0 Å². The largest absolute Gasteiger partial charge is 0.354 e. The molecular formula is C14H19Cl3N2OS. The first-order valence-corrected chi connectivity index (χ1v) is 8.32. The summed E-state index contributed by atoms with van der Waals surface area (Å²) in [5.41, 5.74) is 0. The Balaban J connectivity index is 0.00000220. The van der Waals surface area contributed by atoms with Crippen LogP contribution in [-0.2, 0) is 4.79 Å². The van der Waals surface area contributed by atoms with Crippen LogP contribution in [0.25, 0.3) is 0 Å². The van der Waals surface area contributed by atoms with Gasteiger partial charge in [0.05, 0.1) is 10.3 Å². The van der Waals surface area contributed by atoms with E-state index >= 15 is 0 Å². The van der Waals surface area contributed by atoms with E-state index in [1.807, 2.05) is 6.92 Å². The van der Waals surface area contributed by atoms with Crippen LogP contribution in [0.1, 0.15) is 19.8 Å². The second kappa shape index (κ2) is 9.11. The quantitative estimate of drug-likeness (QED) is 0.776. The summed E-state index contributed by atoms with van der Waals surface area (Å²) in [6.07, 6.45) is 2.31. The van der Waals surface area contributed by atoms with E-state index in [9.17, 15) is 4.79 Å². The summed E-state index contributed by atoms with van der Waals surface area (Å²) >= 11 is 13.5. The van der Waals surface area contributed by atoms with Gasteiger partial charge in [-0.15, -0.1) is 24.2 Å². The Bertz CT molecular complexity index is 481. The zero-order valence-corrected chi connectivity index (χ0v) is 14.8. The maximum atomic E-state index is 12.1. The second-order valence-corrected chi connectivity index (χ2v) is 7.10. The molecule has 21 heavy (non-hydrogen) atoms. The zero-order chi connectivity index (χ0) is 14.5. The molecule has 0 radical (unpaired) electrons. The van der Waals surface area contributed by atoms with Gasteiger partial charge >= 0.3 is 0 Å². The topological polar surface area (TPSA) is 41.1 Å². The molecule has 2 rings (SSSR count). The molecule has 3 nitrogen and oxygen atoms in total. The zero-order valence-electron chi connectivity index (χ0n) is 11.7. The molecular weight excluding hydrogens is 351 g/mol. The number of carbonyl (C=O) groups is 1. The highest BCUT2D eigenvalue weighted by molar-refractivity contribution is 8.00. The van der Waals surface area contributed by atoms with Gasteiger partial charge in [-0.05, 0) is 44.5 Å². The average molecular weight is 370 g/mol. The SMILES string of the molecule is CC(Sc1cc(Cl)ccc1Cl)C(=O)NCC1CCCN1.Cl. The Hall–Kier alpha value is -0.130. The van der Waals surface area contributed by atoms with Gasteiger partial charge in [0.25, 0.3) is 0 Å². The van der Waals surface area contributed by atoms with Gasteiger partial charge in [-0.1, -0.05) is 23.2 Å². The molecule has 2 atom stereocenters. The summed E-state index contributed by atoms with van der Waals surface area (Å²) < 4.78 is 0. The van der Waals surface area contributed by atoms with E-state index in [1.54, 1.807) is 18.2 Å². The first-order chi connectivity index (χ1) is 9.56. The minimum atomic E-state index is -0.202.